The van der Waals surface area contributed by atoms with Gasteiger partial charge >= 0.3 is 0 Å². The third-order valence-electron chi connectivity index (χ3n) is 6.03. The molecule has 2 aromatic rings. The number of hydrogen-bond acceptors (Lipinski definition) is 9. The average Bonchev–Trinajstić information content (AvgIpc) is 3.48. The fraction of sp³-hybridized carbons (Fsp3) is 0.522. The van der Waals surface area contributed by atoms with E-state index < -0.39 is 6.10 Å². The van der Waals surface area contributed by atoms with E-state index in [9.17, 15) is 15.0 Å². The highest BCUT2D eigenvalue weighted by Gasteiger charge is 2.35. The normalized spacial score (nSPS) is 21.7. The largest absolute Gasteiger partial charge is 0.505 e. The van der Waals surface area contributed by atoms with Gasteiger partial charge in [0.05, 0.1) is 29.1 Å². The maximum absolute atomic E-state index is 12.8. The summed E-state index contributed by atoms with van der Waals surface area (Å²) in [6.45, 7) is 9.53. The molecule has 1 fully saturated rings. The standard InChI is InChI=1S/C23H31N5O3S2/c1-13-8-9-17(32-13)19(23(2,3)4)25-21-20(26-33-27-21)24-16-7-5-6-15(18(16)30)22(31)28-11-10-14(29)12-28/h5-8,14,17,19,29-30H,9-12H2,1-4H3,(H,24,26)(H,25,27)/t14-,17?,19?/m1/s1. The number of aliphatic hydroxyl groups is 1. The van der Waals surface area contributed by atoms with E-state index in [0.29, 0.717) is 35.5 Å². The lowest BCUT2D eigenvalue weighted by molar-refractivity contribution is 0.0762. The molecule has 1 saturated heterocycles. The quantitative estimate of drug-likeness (QED) is 0.441. The summed E-state index contributed by atoms with van der Waals surface area (Å²) in [4.78, 5) is 15.7. The number of nitrogens with one attached hydrogen (secondary N) is 2. The van der Waals surface area contributed by atoms with E-state index >= 15 is 0 Å². The summed E-state index contributed by atoms with van der Waals surface area (Å²) in [6.07, 6.45) is 3.31. The lowest BCUT2D eigenvalue weighted by atomic mass is 9.83. The molecule has 1 aromatic carbocycles. The van der Waals surface area contributed by atoms with Gasteiger partial charge in [-0.3, -0.25) is 4.79 Å². The number of aliphatic hydroxyl groups excluding tert-OH is 1. The van der Waals surface area contributed by atoms with Crippen LogP contribution in [0.1, 0.15) is 50.9 Å². The van der Waals surface area contributed by atoms with Crippen molar-refractivity contribution in [2.45, 2.75) is 57.9 Å². The van der Waals surface area contributed by atoms with Crippen molar-refractivity contribution in [3.05, 3.63) is 34.7 Å². The smallest absolute Gasteiger partial charge is 0.257 e. The minimum Gasteiger partial charge on any atom is -0.505 e. The van der Waals surface area contributed by atoms with Crippen LogP contribution in [-0.2, 0) is 0 Å². The van der Waals surface area contributed by atoms with Crippen molar-refractivity contribution < 1.29 is 15.0 Å². The van der Waals surface area contributed by atoms with Gasteiger partial charge < -0.3 is 25.7 Å². The Morgan fingerprint density at radius 1 is 1.27 bits per heavy atom. The average molecular weight is 490 g/mol. The number of aromatic nitrogens is 2. The second-order valence-corrected chi connectivity index (χ2v) is 11.7. The Kier molecular flexibility index (Phi) is 6.88. The molecule has 2 unspecified atom stereocenters. The number of β-amino-alcohol motifs (C(OH)–C–C–N with tert-alkyl or cyclic N) is 1. The van der Waals surface area contributed by atoms with Crippen molar-refractivity contribution >= 4 is 46.7 Å². The van der Waals surface area contributed by atoms with Crippen LogP contribution in [-0.4, -0.2) is 60.3 Å². The van der Waals surface area contributed by atoms with Crippen LogP contribution in [0.15, 0.2) is 29.2 Å². The van der Waals surface area contributed by atoms with Crippen molar-refractivity contribution in [2.75, 3.05) is 23.7 Å². The summed E-state index contributed by atoms with van der Waals surface area (Å²) in [5.74, 6) is 0.708. The Hall–Kier alpha value is -2.30. The number of thioether (sulfide) groups is 1. The first-order valence-corrected chi connectivity index (χ1v) is 12.7. The lowest BCUT2D eigenvalue weighted by Crippen LogP contribution is -2.42. The predicted octanol–water partition coefficient (Wildman–Crippen LogP) is 4.43. The Morgan fingerprint density at radius 3 is 2.67 bits per heavy atom. The number of para-hydroxylation sites is 1. The van der Waals surface area contributed by atoms with Crippen LogP contribution in [0.25, 0.3) is 0 Å². The van der Waals surface area contributed by atoms with Gasteiger partial charge in [-0.25, -0.2) is 0 Å². The van der Waals surface area contributed by atoms with Gasteiger partial charge in [-0.2, -0.15) is 8.75 Å². The molecule has 10 heteroatoms. The third kappa shape index (κ3) is 5.28. The van der Waals surface area contributed by atoms with Gasteiger partial charge in [-0.05, 0) is 42.2 Å². The molecule has 1 amide bonds. The van der Waals surface area contributed by atoms with E-state index in [4.69, 9.17) is 0 Å². The SMILES string of the molecule is CC1=CCC(C(Nc2nsnc2Nc2cccc(C(=O)N3CC[C@@H](O)C3)c2O)C(C)(C)C)S1. The number of rotatable bonds is 6. The minimum atomic E-state index is -0.514. The number of likely N-dealkylation sites (tertiary alicyclic amines) is 1. The molecule has 3 atom stereocenters. The first-order chi connectivity index (χ1) is 15.6. The summed E-state index contributed by atoms with van der Waals surface area (Å²) in [7, 11) is 0. The van der Waals surface area contributed by atoms with Crippen LogP contribution >= 0.6 is 23.5 Å². The summed E-state index contributed by atoms with van der Waals surface area (Å²) < 4.78 is 8.85. The predicted molar refractivity (Wildman–Crippen MR) is 134 cm³/mol. The number of carbonyl (C=O) groups is 1. The summed E-state index contributed by atoms with van der Waals surface area (Å²) >= 11 is 2.97. The number of allylic oxidation sites excluding steroid dienone is 2. The molecule has 8 nitrogen and oxygen atoms in total. The van der Waals surface area contributed by atoms with Gasteiger partial charge in [-0.1, -0.05) is 32.9 Å². The molecule has 2 aliphatic heterocycles. The molecule has 0 radical (unpaired) electrons. The van der Waals surface area contributed by atoms with E-state index in [1.54, 1.807) is 23.1 Å². The highest BCUT2D eigenvalue weighted by atomic mass is 32.2. The first-order valence-electron chi connectivity index (χ1n) is 11.1. The molecule has 33 heavy (non-hydrogen) atoms. The third-order valence-corrected chi connectivity index (χ3v) is 7.86. The Bertz CT molecular complexity index is 1050. The second-order valence-electron chi connectivity index (χ2n) is 9.68. The molecule has 4 rings (SSSR count). The first kappa shape index (κ1) is 23.8. The van der Waals surface area contributed by atoms with E-state index in [1.807, 2.05) is 11.8 Å². The molecule has 4 N–H and O–H groups in total. The zero-order valence-corrected chi connectivity index (χ0v) is 21.0. The summed E-state index contributed by atoms with van der Waals surface area (Å²) in [6, 6.07) is 5.17. The Labute approximate surface area is 202 Å². The number of anilines is 3. The second kappa shape index (κ2) is 9.52. The van der Waals surface area contributed by atoms with Crippen molar-refractivity contribution in [1.82, 2.24) is 13.6 Å². The Balaban J connectivity index is 1.53. The minimum absolute atomic E-state index is 0.00815. The molecule has 0 aliphatic carbocycles. The number of phenols is 1. The summed E-state index contributed by atoms with van der Waals surface area (Å²) in [5, 5.41) is 27.7. The zero-order valence-electron chi connectivity index (χ0n) is 19.3. The monoisotopic (exact) mass is 489 g/mol. The number of carbonyl (C=O) groups excluding carboxylic acids is 1. The van der Waals surface area contributed by atoms with Crippen LogP contribution in [0.3, 0.4) is 0 Å². The summed E-state index contributed by atoms with van der Waals surface area (Å²) in [5.41, 5.74) is 0.575. The van der Waals surface area contributed by atoms with Crippen molar-refractivity contribution in [2.24, 2.45) is 5.41 Å². The van der Waals surface area contributed by atoms with Crippen molar-refractivity contribution in [3.8, 4) is 5.75 Å². The number of aromatic hydroxyl groups is 1. The van der Waals surface area contributed by atoms with Crippen LogP contribution < -0.4 is 10.6 Å². The van der Waals surface area contributed by atoms with Crippen molar-refractivity contribution in [1.29, 1.82) is 0 Å². The molecule has 0 spiro atoms. The number of hydrogen-bond donors (Lipinski definition) is 4. The fourth-order valence-corrected chi connectivity index (χ4v) is 6.19. The maximum atomic E-state index is 12.8. The Morgan fingerprint density at radius 2 is 2.03 bits per heavy atom. The fourth-order valence-electron chi connectivity index (χ4n) is 4.24. The van der Waals surface area contributed by atoms with E-state index in [-0.39, 0.29) is 35.2 Å². The van der Waals surface area contributed by atoms with Gasteiger partial charge in [0, 0.05) is 24.4 Å². The maximum Gasteiger partial charge on any atom is 0.257 e. The molecule has 1 aromatic heterocycles. The van der Waals surface area contributed by atoms with Gasteiger partial charge in [-0.15, -0.1) is 11.8 Å². The van der Waals surface area contributed by atoms with Crippen LogP contribution in [0.4, 0.5) is 17.3 Å². The molecular weight excluding hydrogens is 458 g/mol. The van der Waals surface area contributed by atoms with Gasteiger partial charge in [0.2, 0.25) is 0 Å². The van der Waals surface area contributed by atoms with Crippen LogP contribution in [0.2, 0.25) is 0 Å². The van der Waals surface area contributed by atoms with E-state index in [0.717, 1.165) is 18.1 Å². The molecule has 0 saturated carbocycles. The highest BCUT2D eigenvalue weighted by molar-refractivity contribution is 8.03. The van der Waals surface area contributed by atoms with E-state index in [2.05, 4.69) is 53.2 Å². The molecule has 3 heterocycles. The zero-order chi connectivity index (χ0) is 23.8. The number of amides is 1. The van der Waals surface area contributed by atoms with Gasteiger partial charge in [0.25, 0.3) is 5.91 Å². The number of phenolic OH excluding ortho intramolecular Hbond substituents is 1. The van der Waals surface area contributed by atoms with Crippen LogP contribution in [0.5, 0.6) is 5.75 Å². The van der Waals surface area contributed by atoms with Gasteiger partial charge in [0.1, 0.15) is 0 Å². The lowest BCUT2D eigenvalue weighted by Gasteiger charge is -2.36. The number of nitrogens with zero attached hydrogens (tertiary/aromatic N) is 3. The van der Waals surface area contributed by atoms with Gasteiger partial charge in [0.15, 0.2) is 17.4 Å². The van der Waals surface area contributed by atoms with Crippen LogP contribution in [0, 0.1) is 5.41 Å². The molecule has 178 valence electrons. The van der Waals surface area contributed by atoms with E-state index in [1.165, 1.54) is 4.91 Å². The molecule has 2 aliphatic rings. The van der Waals surface area contributed by atoms with Crippen molar-refractivity contribution in [3.63, 3.8) is 0 Å². The molecular formula is C23H31N5O3S2. The highest BCUT2D eigenvalue weighted by Crippen LogP contribution is 2.41. The topological polar surface area (TPSA) is 111 Å². The molecule has 0 bridgehead atoms. The number of benzene rings is 1.